The predicted molar refractivity (Wildman–Crippen MR) is 88.5 cm³/mol. The molecule has 1 saturated heterocycles. The van der Waals surface area contributed by atoms with Gasteiger partial charge in [-0.05, 0) is 48.4 Å². The number of nitrogens with one attached hydrogen (secondary N) is 1. The Labute approximate surface area is 133 Å². The van der Waals surface area contributed by atoms with Gasteiger partial charge in [-0.1, -0.05) is 24.3 Å². The molecule has 2 aromatic rings. The number of hydrogen-bond acceptors (Lipinski definition) is 3. The second-order valence-electron chi connectivity index (χ2n) is 6.04. The SMILES string of the molecule is O=C(O)N(CC1C2CNCC21)c1ccccc1-c1cccs1. The molecule has 2 atom stereocenters. The smallest absolute Gasteiger partial charge is 0.411 e. The molecule has 1 saturated carbocycles. The van der Waals surface area contributed by atoms with Crippen LogP contribution in [0.5, 0.6) is 0 Å². The Morgan fingerprint density at radius 1 is 1.23 bits per heavy atom. The third kappa shape index (κ3) is 2.30. The maximum absolute atomic E-state index is 11.8. The van der Waals surface area contributed by atoms with Crippen LogP contribution in [0.4, 0.5) is 10.5 Å². The fourth-order valence-electron chi connectivity index (χ4n) is 3.66. The molecular weight excluding hydrogens is 296 g/mol. The molecule has 4 nitrogen and oxygen atoms in total. The van der Waals surface area contributed by atoms with Gasteiger partial charge in [0.25, 0.3) is 0 Å². The predicted octanol–water partition coefficient (Wildman–Crippen LogP) is 3.36. The van der Waals surface area contributed by atoms with Gasteiger partial charge in [0.1, 0.15) is 0 Å². The number of rotatable bonds is 4. The lowest BCUT2D eigenvalue weighted by atomic mass is 10.1. The Hall–Kier alpha value is -1.85. The zero-order chi connectivity index (χ0) is 15.1. The molecule has 1 aliphatic heterocycles. The first-order valence-corrected chi connectivity index (χ1v) is 8.48. The van der Waals surface area contributed by atoms with E-state index in [1.165, 1.54) is 4.90 Å². The van der Waals surface area contributed by atoms with Crippen LogP contribution in [-0.2, 0) is 0 Å². The summed E-state index contributed by atoms with van der Waals surface area (Å²) in [4.78, 5) is 14.5. The molecule has 2 heterocycles. The van der Waals surface area contributed by atoms with E-state index >= 15 is 0 Å². The number of amides is 1. The van der Waals surface area contributed by atoms with Gasteiger partial charge in [0, 0.05) is 17.0 Å². The van der Waals surface area contributed by atoms with Gasteiger partial charge in [-0.3, -0.25) is 4.90 Å². The van der Waals surface area contributed by atoms with Crippen LogP contribution in [0.2, 0.25) is 0 Å². The van der Waals surface area contributed by atoms with Crippen molar-refractivity contribution in [2.24, 2.45) is 17.8 Å². The first kappa shape index (κ1) is 13.8. The highest BCUT2D eigenvalue weighted by atomic mass is 32.1. The summed E-state index contributed by atoms with van der Waals surface area (Å²) < 4.78 is 0. The minimum absolute atomic E-state index is 0.508. The van der Waals surface area contributed by atoms with Crippen molar-refractivity contribution in [2.75, 3.05) is 24.5 Å². The standard InChI is InChI=1S/C17H18N2O2S/c20-17(21)19(10-14-12-8-18-9-13(12)14)15-5-2-1-4-11(15)16-6-3-7-22-16/h1-7,12-14,18H,8-10H2,(H,20,21). The minimum atomic E-state index is -0.859. The van der Waals surface area contributed by atoms with E-state index in [-0.39, 0.29) is 0 Å². The van der Waals surface area contributed by atoms with E-state index in [0.717, 1.165) is 29.2 Å². The Kier molecular flexibility index (Phi) is 3.39. The average Bonchev–Trinajstić information content (AvgIpc) is 2.98. The molecule has 1 aliphatic carbocycles. The summed E-state index contributed by atoms with van der Waals surface area (Å²) in [6.07, 6.45) is -0.859. The molecule has 0 radical (unpaired) electrons. The fraction of sp³-hybridized carbons (Fsp3) is 0.353. The van der Waals surface area contributed by atoms with E-state index in [1.807, 2.05) is 41.8 Å². The third-order valence-electron chi connectivity index (χ3n) is 4.87. The summed E-state index contributed by atoms with van der Waals surface area (Å²) in [6.45, 7) is 2.68. The van der Waals surface area contributed by atoms with Crippen molar-refractivity contribution in [3.05, 3.63) is 41.8 Å². The molecule has 1 amide bonds. The van der Waals surface area contributed by atoms with Gasteiger partial charge in [0.2, 0.25) is 0 Å². The van der Waals surface area contributed by atoms with Gasteiger partial charge in [0.15, 0.2) is 0 Å². The molecular formula is C17H18N2O2S. The van der Waals surface area contributed by atoms with Crippen LogP contribution in [0, 0.1) is 17.8 Å². The van der Waals surface area contributed by atoms with Crippen molar-refractivity contribution < 1.29 is 9.90 Å². The van der Waals surface area contributed by atoms with Crippen LogP contribution in [-0.4, -0.2) is 30.8 Å². The van der Waals surface area contributed by atoms with Crippen molar-refractivity contribution in [1.82, 2.24) is 5.32 Å². The van der Waals surface area contributed by atoms with E-state index in [1.54, 1.807) is 11.3 Å². The molecule has 4 rings (SSSR count). The van der Waals surface area contributed by atoms with E-state index in [9.17, 15) is 9.90 Å². The summed E-state index contributed by atoms with van der Waals surface area (Å²) in [5, 5.41) is 15.1. The lowest BCUT2D eigenvalue weighted by molar-refractivity contribution is 0.201. The van der Waals surface area contributed by atoms with E-state index in [0.29, 0.717) is 24.3 Å². The van der Waals surface area contributed by atoms with Crippen molar-refractivity contribution in [1.29, 1.82) is 0 Å². The van der Waals surface area contributed by atoms with Gasteiger partial charge >= 0.3 is 6.09 Å². The van der Waals surface area contributed by atoms with Gasteiger partial charge < -0.3 is 10.4 Å². The van der Waals surface area contributed by atoms with Crippen LogP contribution in [0.3, 0.4) is 0 Å². The lowest BCUT2D eigenvalue weighted by Crippen LogP contribution is -2.33. The number of hydrogen-bond donors (Lipinski definition) is 2. The molecule has 1 aromatic heterocycles. The van der Waals surface area contributed by atoms with Gasteiger partial charge in [-0.15, -0.1) is 11.3 Å². The highest BCUT2D eigenvalue weighted by Crippen LogP contribution is 2.49. The summed E-state index contributed by atoms with van der Waals surface area (Å²) >= 11 is 1.64. The first-order chi connectivity index (χ1) is 10.8. The normalized spacial score (nSPS) is 25.7. The van der Waals surface area contributed by atoms with Gasteiger partial charge in [-0.2, -0.15) is 0 Å². The quantitative estimate of drug-likeness (QED) is 0.910. The number of benzene rings is 1. The van der Waals surface area contributed by atoms with Crippen LogP contribution in [0.1, 0.15) is 0 Å². The van der Waals surface area contributed by atoms with Crippen molar-refractivity contribution in [3.8, 4) is 10.4 Å². The lowest BCUT2D eigenvalue weighted by Gasteiger charge is -2.23. The Bertz CT molecular complexity index is 676. The maximum Gasteiger partial charge on any atom is 0.411 e. The second-order valence-corrected chi connectivity index (χ2v) is 6.99. The topological polar surface area (TPSA) is 52.6 Å². The van der Waals surface area contributed by atoms with E-state index in [4.69, 9.17) is 0 Å². The molecule has 2 unspecified atom stereocenters. The highest BCUT2D eigenvalue weighted by Gasteiger charge is 2.53. The summed E-state index contributed by atoms with van der Waals surface area (Å²) in [5.41, 5.74) is 1.80. The van der Waals surface area contributed by atoms with Crippen molar-refractivity contribution in [3.63, 3.8) is 0 Å². The minimum Gasteiger partial charge on any atom is -0.465 e. The monoisotopic (exact) mass is 314 g/mol. The van der Waals surface area contributed by atoms with Gasteiger partial charge in [-0.25, -0.2) is 4.79 Å². The van der Waals surface area contributed by atoms with Crippen LogP contribution in [0.25, 0.3) is 10.4 Å². The molecule has 2 fully saturated rings. The number of fused-ring (bicyclic) bond motifs is 1. The van der Waals surface area contributed by atoms with E-state index in [2.05, 4.69) is 5.32 Å². The number of carboxylic acid groups (broad SMARTS) is 1. The van der Waals surface area contributed by atoms with E-state index < -0.39 is 6.09 Å². The fourth-order valence-corrected chi connectivity index (χ4v) is 4.42. The zero-order valence-corrected chi connectivity index (χ0v) is 12.9. The van der Waals surface area contributed by atoms with Crippen molar-refractivity contribution in [2.45, 2.75) is 0 Å². The zero-order valence-electron chi connectivity index (χ0n) is 12.1. The highest BCUT2D eigenvalue weighted by molar-refractivity contribution is 7.13. The summed E-state index contributed by atoms with van der Waals surface area (Å²) in [5.74, 6) is 1.83. The molecule has 0 bridgehead atoms. The third-order valence-corrected chi connectivity index (χ3v) is 5.78. The molecule has 2 N–H and O–H groups in total. The van der Waals surface area contributed by atoms with Crippen molar-refractivity contribution >= 4 is 23.1 Å². The Morgan fingerprint density at radius 2 is 2.00 bits per heavy atom. The summed E-state index contributed by atoms with van der Waals surface area (Å²) in [7, 11) is 0. The van der Waals surface area contributed by atoms with Crippen LogP contribution >= 0.6 is 11.3 Å². The first-order valence-electron chi connectivity index (χ1n) is 7.60. The number of para-hydroxylation sites is 1. The second kappa shape index (κ2) is 5.41. The Balaban J connectivity index is 1.64. The largest absolute Gasteiger partial charge is 0.465 e. The molecule has 1 aromatic carbocycles. The molecule has 0 spiro atoms. The number of nitrogens with zero attached hydrogens (tertiary/aromatic N) is 1. The number of thiophene rings is 1. The van der Waals surface area contributed by atoms with Crippen LogP contribution < -0.4 is 10.2 Å². The summed E-state index contributed by atoms with van der Waals surface area (Å²) in [6, 6.07) is 11.8. The number of anilines is 1. The Morgan fingerprint density at radius 3 is 2.68 bits per heavy atom. The molecule has 2 aliphatic rings. The maximum atomic E-state index is 11.8. The van der Waals surface area contributed by atoms with Crippen LogP contribution in [0.15, 0.2) is 41.8 Å². The molecule has 114 valence electrons. The molecule has 5 heteroatoms. The molecule has 22 heavy (non-hydrogen) atoms. The number of piperidine rings is 1. The van der Waals surface area contributed by atoms with Gasteiger partial charge in [0.05, 0.1) is 5.69 Å². The number of carbonyl (C=O) groups is 1. The average molecular weight is 314 g/mol.